The zero-order valence-electron chi connectivity index (χ0n) is 15.3. The van der Waals surface area contributed by atoms with Crippen LogP contribution in [0.5, 0.6) is 5.75 Å². The Morgan fingerprint density at radius 2 is 2.08 bits per heavy atom. The van der Waals surface area contributed by atoms with Crippen molar-refractivity contribution in [1.82, 2.24) is 10.1 Å². The average molecular weight is 422 g/mol. The first kappa shape index (κ1) is 19.3. The average Bonchev–Trinajstić information content (AvgIpc) is 3.23. The Kier molecular flexibility index (Phi) is 5.94. The van der Waals surface area contributed by atoms with E-state index in [1.54, 1.807) is 0 Å². The maximum absolute atomic E-state index is 5.62. The molecule has 1 atom stereocenters. The van der Waals surface area contributed by atoms with E-state index in [1.165, 1.54) is 17.5 Å². The smallest absolute Gasteiger partial charge is 0.202 e. The molecule has 26 heavy (non-hydrogen) atoms. The van der Waals surface area contributed by atoms with E-state index in [2.05, 4.69) is 41.3 Å². The molecule has 0 fully saturated rings. The Hall–Kier alpha value is -1.52. The van der Waals surface area contributed by atoms with Crippen LogP contribution in [0.15, 0.2) is 40.9 Å². The fourth-order valence-corrected chi connectivity index (χ4v) is 3.39. The quantitative estimate of drug-likeness (QED) is 0.553. The predicted octanol–water partition coefficient (Wildman–Crippen LogP) is 5.04. The zero-order valence-corrected chi connectivity index (χ0v) is 18.2. The molecule has 0 saturated heterocycles. The fraction of sp³-hybridized carbons (Fsp3) is 0.333. The largest absolute Gasteiger partial charge is 0.517 e. The van der Waals surface area contributed by atoms with E-state index in [9.17, 15) is 0 Å². The number of nitrogens with zero attached hydrogens (tertiary/aromatic N) is 2. The van der Waals surface area contributed by atoms with E-state index in [4.69, 9.17) is 9.26 Å². The van der Waals surface area contributed by atoms with Gasteiger partial charge in [-0.15, -0.1) is 12.1 Å². The SMILES string of the molecule is CC(C)Oc1[c-]cc(-c2nc(-c3cccc4c3CC[C@@H]4C)no2)cc1.[Y]. The second-order valence-electron chi connectivity index (χ2n) is 6.84. The van der Waals surface area contributed by atoms with Crippen molar-refractivity contribution in [1.29, 1.82) is 0 Å². The molecule has 0 spiro atoms. The molecule has 0 aliphatic heterocycles. The Morgan fingerprint density at radius 1 is 1.23 bits per heavy atom. The minimum atomic E-state index is 0. The van der Waals surface area contributed by atoms with E-state index in [0.717, 1.165) is 17.5 Å². The van der Waals surface area contributed by atoms with Gasteiger partial charge in [-0.05, 0) is 43.7 Å². The van der Waals surface area contributed by atoms with Crippen molar-refractivity contribution in [2.45, 2.75) is 45.6 Å². The van der Waals surface area contributed by atoms with Gasteiger partial charge in [0.05, 0.1) is 6.10 Å². The van der Waals surface area contributed by atoms with Crippen LogP contribution in [0.25, 0.3) is 22.8 Å². The molecular formula is C21H21N2O2Y-. The molecule has 0 N–H and O–H groups in total. The molecule has 4 nitrogen and oxygen atoms in total. The third kappa shape index (κ3) is 3.77. The van der Waals surface area contributed by atoms with Crippen molar-refractivity contribution < 1.29 is 42.0 Å². The van der Waals surface area contributed by atoms with Gasteiger partial charge >= 0.3 is 0 Å². The van der Waals surface area contributed by atoms with Gasteiger partial charge in [-0.2, -0.15) is 17.1 Å². The number of hydrogen-bond donors (Lipinski definition) is 0. The summed E-state index contributed by atoms with van der Waals surface area (Å²) >= 11 is 0. The first-order chi connectivity index (χ1) is 12.1. The molecule has 1 radical (unpaired) electrons. The summed E-state index contributed by atoms with van der Waals surface area (Å²) in [5.41, 5.74) is 4.69. The molecule has 1 aromatic heterocycles. The first-order valence-electron chi connectivity index (χ1n) is 8.76. The Balaban J connectivity index is 0.00000196. The second kappa shape index (κ2) is 8.02. The molecule has 3 aromatic rings. The third-order valence-electron chi connectivity index (χ3n) is 4.63. The van der Waals surface area contributed by atoms with Crippen LogP contribution < -0.4 is 4.74 Å². The van der Waals surface area contributed by atoms with Crippen LogP contribution in [0.4, 0.5) is 0 Å². The van der Waals surface area contributed by atoms with Crippen LogP contribution in [0.3, 0.4) is 0 Å². The first-order valence-corrected chi connectivity index (χ1v) is 8.76. The van der Waals surface area contributed by atoms with Crippen LogP contribution in [-0.2, 0) is 39.1 Å². The normalized spacial score (nSPS) is 15.6. The van der Waals surface area contributed by atoms with Crippen molar-refractivity contribution in [3.8, 4) is 28.6 Å². The summed E-state index contributed by atoms with van der Waals surface area (Å²) in [6.45, 7) is 6.25. The van der Waals surface area contributed by atoms with Crippen molar-refractivity contribution in [3.05, 3.63) is 53.6 Å². The van der Waals surface area contributed by atoms with E-state index >= 15 is 0 Å². The number of benzene rings is 2. The van der Waals surface area contributed by atoms with E-state index in [0.29, 0.717) is 23.4 Å². The van der Waals surface area contributed by atoms with Crippen molar-refractivity contribution in [3.63, 3.8) is 0 Å². The molecule has 2 aromatic carbocycles. The summed E-state index contributed by atoms with van der Waals surface area (Å²) in [6, 6.07) is 15.1. The summed E-state index contributed by atoms with van der Waals surface area (Å²) in [4.78, 5) is 4.61. The van der Waals surface area contributed by atoms with E-state index in [-0.39, 0.29) is 38.8 Å². The van der Waals surface area contributed by atoms with Crippen LogP contribution in [-0.4, -0.2) is 16.2 Å². The van der Waals surface area contributed by atoms with Gasteiger partial charge in [0.15, 0.2) is 0 Å². The van der Waals surface area contributed by atoms with E-state index < -0.39 is 0 Å². The molecule has 0 bridgehead atoms. The number of rotatable bonds is 4. The summed E-state index contributed by atoms with van der Waals surface area (Å²) in [5.74, 6) is 2.48. The van der Waals surface area contributed by atoms with Gasteiger partial charge in [0.25, 0.3) is 0 Å². The minimum absolute atomic E-state index is 0. The molecule has 0 unspecified atom stereocenters. The molecule has 0 saturated carbocycles. The summed E-state index contributed by atoms with van der Waals surface area (Å²) in [7, 11) is 0. The molecule has 131 valence electrons. The zero-order chi connectivity index (χ0) is 17.4. The topological polar surface area (TPSA) is 48.2 Å². The van der Waals surface area contributed by atoms with Crippen LogP contribution >= 0.6 is 0 Å². The van der Waals surface area contributed by atoms with Crippen molar-refractivity contribution >= 4 is 0 Å². The van der Waals surface area contributed by atoms with Gasteiger partial charge < -0.3 is 9.26 Å². The van der Waals surface area contributed by atoms with Gasteiger partial charge in [0.2, 0.25) is 11.7 Å². The summed E-state index contributed by atoms with van der Waals surface area (Å²) < 4.78 is 11.1. The maximum atomic E-state index is 5.62. The van der Waals surface area contributed by atoms with E-state index in [1.807, 2.05) is 32.0 Å². The predicted molar refractivity (Wildman–Crippen MR) is 96.5 cm³/mol. The fourth-order valence-electron chi connectivity index (χ4n) is 3.39. The standard InChI is InChI=1S/C21H21N2O2.Y/c1-13(2)24-16-10-8-15(9-11-16)21-22-20(23-25-21)19-6-4-5-17-14(3)7-12-18(17)19;/h4-6,8-10,13-14H,7,12H2,1-3H3;/q-1;/t14-;/m0./s1. The Labute approximate surface area is 179 Å². The van der Waals surface area contributed by atoms with Crippen molar-refractivity contribution in [2.75, 3.05) is 0 Å². The minimum Gasteiger partial charge on any atom is -0.517 e. The summed E-state index contributed by atoms with van der Waals surface area (Å²) in [5, 5.41) is 4.20. The maximum Gasteiger partial charge on any atom is 0.202 e. The summed E-state index contributed by atoms with van der Waals surface area (Å²) in [6.07, 6.45) is 2.38. The second-order valence-corrected chi connectivity index (χ2v) is 6.84. The van der Waals surface area contributed by atoms with Gasteiger partial charge in [0, 0.05) is 44.0 Å². The van der Waals surface area contributed by atoms with Crippen molar-refractivity contribution in [2.24, 2.45) is 0 Å². The third-order valence-corrected chi connectivity index (χ3v) is 4.63. The number of hydrogen-bond acceptors (Lipinski definition) is 4. The molecular weight excluding hydrogens is 401 g/mol. The molecule has 1 aliphatic rings. The number of aromatic nitrogens is 2. The molecule has 1 heterocycles. The van der Waals surface area contributed by atoms with Gasteiger partial charge in [-0.3, -0.25) is 0 Å². The number of fused-ring (bicyclic) bond motifs is 1. The van der Waals surface area contributed by atoms with Gasteiger partial charge in [-0.25, -0.2) is 0 Å². The number of ether oxygens (including phenoxy) is 1. The van der Waals surface area contributed by atoms with Gasteiger partial charge in [-0.1, -0.05) is 35.8 Å². The Morgan fingerprint density at radius 3 is 2.81 bits per heavy atom. The Bertz CT molecular complexity index is 887. The molecule has 4 rings (SSSR count). The van der Waals surface area contributed by atoms with Crippen LogP contribution in [0.1, 0.15) is 44.2 Å². The van der Waals surface area contributed by atoms with Gasteiger partial charge in [0.1, 0.15) is 0 Å². The molecule has 1 aliphatic carbocycles. The molecule has 0 amide bonds. The van der Waals surface area contributed by atoms with Crippen LogP contribution in [0, 0.1) is 6.07 Å². The monoisotopic (exact) mass is 422 g/mol. The van der Waals surface area contributed by atoms with Crippen LogP contribution in [0.2, 0.25) is 0 Å². The molecule has 5 heteroatoms.